The van der Waals surface area contributed by atoms with Gasteiger partial charge in [0.05, 0.1) is 5.92 Å². The molecule has 2 unspecified atom stereocenters. The largest absolute Gasteiger partial charge is 0.337 e. The summed E-state index contributed by atoms with van der Waals surface area (Å²) in [5.74, 6) is 1.07. The number of carbonyl (C=O) groups excluding carboxylic acids is 2. The van der Waals surface area contributed by atoms with Gasteiger partial charge in [-0.3, -0.25) is 9.69 Å². The van der Waals surface area contributed by atoms with E-state index in [-0.39, 0.29) is 17.9 Å². The average Bonchev–Trinajstić information content (AvgIpc) is 2.94. The van der Waals surface area contributed by atoms with Crippen LogP contribution in [0, 0.1) is 17.8 Å². The first kappa shape index (κ1) is 12.9. The van der Waals surface area contributed by atoms with Gasteiger partial charge < -0.3 is 10.6 Å². The molecule has 2 atom stereocenters. The Balaban J connectivity index is 1.54. The molecule has 1 aliphatic carbocycles. The van der Waals surface area contributed by atoms with Gasteiger partial charge in [0.2, 0.25) is 5.91 Å². The van der Waals surface area contributed by atoms with E-state index in [0.29, 0.717) is 18.4 Å². The Morgan fingerprint density at radius 3 is 2.89 bits per heavy atom. The van der Waals surface area contributed by atoms with Gasteiger partial charge in [-0.2, -0.15) is 0 Å². The molecule has 1 saturated carbocycles. The summed E-state index contributed by atoms with van der Waals surface area (Å²) in [6.45, 7) is 2.97. The van der Waals surface area contributed by atoms with Gasteiger partial charge in [0.15, 0.2) is 0 Å². The molecule has 2 aliphatic heterocycles. The second-order valence-corrected chi connectivity index (χ2v) is 6.24. The number of imide groups is 1. The molecule has 3 amide bonds. The summed E-state index contributed by atoms with van der Waals surface area (Å²) in [5, 5.41) is 6.23. The third kappa shape index (κ3) is 2.76. The highest BCUT2D eigenvalue weighted by Crippen LogP contribution is 2.26. The van der Waals surface area contributed by atoms with Crippen molar-refractivity contribution in [2.75, 3.05) is 26.2 Å². The van der Waals surface area contributed by atoms with Gasteiger partial charge in [-0.25, -0.2) is 4.79 Å². The number of likely N-dealkylation sites (tertiary alicyclic amines) is 1. The monoisotopic (exact) mass is 265 g/mol. The summed E-state index contributed by atoms with van der Waals surface area (Å²) in [7, 11) is 0. The zero-order valence-electron chi connectivity index (χ0n) is 11.4. The Hall–Kier alpha value is -1.10. The van der Waals surface area contributed by atoms with E-state index in [9.17, 15) is 9.59 Å². The molecule has 5 nitrogen and oxygen atoms in total. The number of nitrogens with one attached hydrogen (secondary N) is 2. The maximum Gasteiger partial charge on any atom is 0.324 e. The second kappa shape index (κ2) is 5.49. The quantitative estimate of drug-likeness (QED) is 0.781. The first-order valence-corrected chi connectivity index (χ1v) is 7.54. The lowest BCUT2D eigenvalue weighted by molar-refractivity contribution is -0.137. The number of fused-ring (bicyclic) bond motifs is 2. The van der Waals surface area contributed by atoms with E-state index in [1.807, 2.05) is 0 Å². The fourth-order valence-corrected chi connectivity index (χ4v) is 3.65. The molecule has 0 aromatic carbocycles. The maximum absolute atomic E-state index is 12.2. The molecule has 3 rings (SSSR count). The van der Waals surface area contributed by atoms with E-state index >= 15 is 0 Å². The van der Waals surface area contributed by atoms with Crippen LogP contribution in [0.25, 0.3) is 0 Å². The zero-order chi connectivity index (χ0) is 13.2. The van der Waals surface area contributed by atoms with E-state index < -0.39 is 0 Å². The molecule has 19 heavy (non-hydrogen) atoms. The number of piperidine rings is 2. The molecule has 5 heteroatoms. The Morgan fingerprint density at radius 2 is 2.11 bits per heavy atom. The van der Waals surface area contributed by atoms with Crippen LogP contribution in [0.5, 0.6) is 0 Å². The Morgan fingerprint density at radius 1 is 1.32 bits per heavy atom. The minimum absolute atomic E-state index is 0.00438. The van der Waals surface area contributed by atoms with Gasteiger partial charge >= 0.3 is 6.03 Å². The van der Waals surface area contributed by atoms with Crippen LogP contribution in [0.4, 0.5) is 4.79 Å². The number of amides is 3. The summed E-state index contributed by atoms with van der Waals surface area (Å²) >= 11 is 0. The van der Waals surface area contributed by atoms with E-state index in [4.69, 9.17) is 0 Å². The number of carbonyl (C=O) groups is 2. The van der Waals surface area contributed by atoms with Crippen molar-refractivity contribution in [1.29, 1.82) is 0 Å². The lowest BCUT2D eigenvalue weighted by atomic mass is 9.85. The van der Waals surface area contributed by atoms with Crippen molar-refractivity contribution in [3.8, 4) is 0 Å². The highest BCUT2D eigenvalue weighted by Gasteiger charge is 2.39. The Kier molecular flexibility index (Phi) is 3.73. The van der Waals surface area contributed by atoms with Gasteiger partial charge in [-0.15, -0.1) is 0 Å². The Labute approximate surface area is 114 Å². The van der Waals surface area contributed by atoms with Crippen molar-refractivity contribution in [3.05, 3.63) is 0 Å². The first-order chi connectivity index (χ1) is 9.24. The van der Waals surface area contributed by atoms with E-state index in [1.54, 1.807) is 0 Å². The minimum Gasteiger partial charge on any atom is -0.337 e. The lowest BCUT2D eigenvalue weighted by Gasteiger charge is -2.39. The van der Waals surface area contributed by atoms with Gasteiger partial charge in [0.25, 0.3) is 0 Å². The first-order valence-electron chi connectivity index (χ1n) is 7.54. The molecule has 2 N–H and O–H groups in total. The van der Waals surface area contributed by atoms with Crippen molar-refractivity contribution >= 4 is 11.9 Å². The highest BCUT2D eigenvalue weighted by molar-refractivity contribution is 5.96. The van der Waals surface area contributed by atoms with Crippen LogP contribution in [0.2, 0.25) is 0 Å². The number of hydrogen-bond acceptors (Lipinski definition) is 3. The summed E-state index contributed by atoms with van der Waals surface area (Å²) in [4.78, 5) is 25.8. The third-order valence-electron chi connectivity index (χ3n) is 4.76. The van der Waals surface area contributed by atoms with Crippen molar-refractivity contribution in [3.63, 3.8) is 0 Å². The second-order valence-electron chi connectivity index (χ2n) is 6.24. The third-order valence-corrected chi connectivity index (χ3v) is 4.76. The lowest BCUT2D eigenvalue weighted by Crippen LogP contribution is -2.58. The summed E-state index contributed by atoms with van der Waals surface area (Å²) in [6.07, 6.45) is 5.92. The number of nitrogens with zero attached hydrogens (tertiary/aromatic N) is 1. The number of urea groups is 1. The van der Waals surface area contributed by atoms with Crippen LogP contribution in [0.15, 0.2) is 0 Å². The molecule has 106 valence electrons. The van der Waals surface area contributed by atoms with Gasteiger partial charge in [-0.1, -0.05) is 12.8 Å². The molecular formula is C14H23N3O2. The predicted molar refractivity (Wildman–Crippen MR) is 71.5 cm³/mol. The highest BCUT2D eigenvalue weighted by atomic mass is 16.2. The van der Waals surface area contributed by atoms with Crippen molar-refractivity contribution in [2.45, 2.75) is 32.1 Å². The summed E-state index contributed by atoms with van der Waals surface area (Å²) in [5.41, 5.74) is 0. The smallest absolute Gasteiger partial charge is 0.324 e. The predicted octanol–water partition coefficient (Wildman–Crippen LogP) is 0.954. The van der Waals surface area contributed by atoms with Crippen LogP contribution in [-0.2, 0) is 4.79 Å². The van der Waals surface area contributed by atoms with Crippen LogP contribution >= 0.6 is 0 Å². The molecule has 0 spiro atoms. The van der Waals surface area contributed by atoms with Crippen LogP contribution in [-0.4, -0.2) is 43.0 Å². The van der Waals surface area contributed by atoms with Crippen molar-refractivity contribution in [1.82, 2.24) is 15.5 Å². The SMILES string of the molecule is O=C(NCC1CCCC1)N1CC2CNCC(C2)C1=O. The van der Waals surface area contributed by atoms with Crippen molar-refractivity contribution < 1.29 is 9.59 Å². The molecular weight excluding hydrogens is 242 g/mol. The van der Waals surface area contributed by atoms with E-state index in [0.717, 1.165) is 26.1 Å². The van der Waals surface area contributed by atoms with Crippen LogP contribution < -0.4 is 10.6 Å². The normalized spacial score (nSPS) is 31.6. The zero-order valence-corrected chi connectivity index (χ0v) is 11.4. The van der Waals surface area contributed by atoms with Gasteiger partial charge in [-0.05, 0) is 37.6 Å². The molecule has 0 radical (unpaired) electrons. The summed E-state index contributed by atoms with van der Waals surface area (Å²) < 4.78 is 0. The van der Waals surface area contributed by atoms with E-state index in [2.05, 4.69) is 10.6 Å². The van der Waals surface area contributed by atoms with E-state index in [1.165, 1.54) is 30.6 Å². The Bertz CT molecular complexity index is 366. The van der Waals surface area contributed by atoms with Gasteiger partial charge in [0, 0.05) is 19.6 Å². The fraction of sp³-hybridized carbons (Fsp3) is 0.857. The molecule has 3 fully saturated rings. The molecule has 0 aromatic rings. The molecule has 0 aromatic heterocycles. The molecule has 3 aliphatic rings. The standard InChI is InChI=1S/C14H23N3O2/c18-13-12-5-11(6-15-8-12)9-17(13)14(19)16-7-10-3-1-2-4-10/h10-12,15H,1-9H2,(H,16,19). The topological polar surface area (TPSA) is 61.4 Å². The average molecular weight is 265 g/mol. The van der Waals surface area contributed by atoms with Crippen molar-refractivity contribution in [2.24, 2.45) is 17.8 Å². The molecule has 2 bridgehead atoms. The van der Waals surface area contributed by atoms with Gasteiger partial charge in [0.1, 0.15) is 0 Å². The summed E-state index contributed by atoms with van der Waals surface area (Å²) in [6, 6.07) is -0.173. The minimum atomic E-state index is -0.173. The maximum atomic E-state index is 12.2. The fourth-order valence-electron chi connectivity index (χ4n) is 3.65. The number of rotatable bonds is 2. The van der Waals surface area contributed by atoms with Crippen LogP contribution in [0.3, 0.4) is 0 Å². The van der Waals surface area contributed by atoms with Crippen LogP contribution in [0.1, 0.15) is 32.1 Å². The molecule has 2 heterocycles. The molecule has 2 saturated heterocycles. The number of hydrogen-bond donors (Lipinski definition) is 2.